The zero-order valence-corrected chi connectivity index (χ0v) is 27.6. The van der Waals surface area contributed by atoms with Crippen LogP contribution in [0.15, 0.2) is 170 Å². The molecule has 3 aliphatic rings. The molecule has 2 atom stereocenters. The normalized spacial score (nSPS) is 17.9. The lowest BCUT2D eigenvalue weighted by Crippen LogP contribution is -2.15. The van der Waals surface area contributed by atoms with E-state index < -0.39 is 0 Å². The Kier molecular flexibility index (Phi) is 8.25. The van der Waals surface area contributed by atoms with Crippen molar-refractivity contribution >= 4 is 16.7 Å². The van der Waals surface area contributed by atoms with E-state index in [1.165, 1.54) is 44.5 Å². The molecule has 0 saturated carbocycles. The fraction of sp³-hybridized carbons (Fsp3) is 0.109. The SMILES string of the molecule is C=C(C)/C=C\C1=CC2C=CC=CC2c2cc(-c3cccc(C4=CCCC=C4c4cc(-c5ccncc5)nc(-c5ccncc5)c4)c3)ccc21. The molecule has 8 rings (SSSR count). The Morgan fingerprint density at radius 3 is 2.00 bits per heavy atom. The average molecular weight is 632 g/mol. The molecule has 3 aliphatic carbocycles. The molecule has 0 amide bonds. The van der Waals surface area contributed by atoms with Crippen LogP contribution in [0.1, 0.15) is 47.9 Å². The van der Waals surface area contributed by atoms with Crippen LogP contribution in [0.2, 0.25) is 0 Å². The van der Waals surface area contributed by atoms with Gasteiger partial charge in [0.15, 0.2) is 0 Å². The highest BCUT2D eigenvalue weighted by Gasteiger charge is 2.27. The Morgan fingerprint density at radius 1 is 0.673 bits per heavy atom. The summed E-state index contributed by atoms with van der Waals surface area (Å²) in [4.78, 5) is 13.6. The van der Waals surface area contributed by atoms with Crippen molar-refractivity contribution < 1.29 is 0 Å². The number of allylic oxidation sites excluding steroid dienone is 13. The van der Waals surface area contributed by atoms with Crippen molar-refractivity contribution in [2.45, 2.75) is 25.7 Å². The highest BCUT2D eigenvalue weighted by atomic mass is 14.7. The molecule has 0 radical (unpaired) electrons. The first kappa shape index (κ1) is 30.4. The Hall–Kier alpha value is -5.93. The first-order valence-electron chi connectivity index (χ1n) is 17.0. The molecule has 0 aliphatic heterocycles. The summed E-state index contributed by atoms with van der Waals surface area (Å²) in [6, 6.07) is 28.5. The number of nitrogens with zero attached hydrogens (tertiary/aromatic N) is 3. The Balaban J connectivity index is 1.18. The molecular weight excluding hydrogens is 595 g/mol. The lowest BCUT2D eigenvalue weighted by Gasteiger charge is -2.30. The van der Waals surface area contributed by atoms with E-state index in [1.807, 2.05) is 56.0 Å². The van der Waals surface area contributed by atoms with Crippen molar-refractivity contribution in [1.29, 1.82) is 0 Å². The van der Waals surface area contributed by atoms with Gasteiger partial charge < -0.3 is 0 Å². The molecular formula is C46H37N3. The number of hydrogen-bond donors (Lipinski definition) is 0. The number of hydrogen-bond acceptors (Lipinski definition) is 3. The standard InChI is InChI=1S/C46H37N3/c1-31(2)14-15-38-27-36-8-3-4-12-41(36)44-28-35(16-17-43(38)44)34-9-7-10-37(26-34)40-11-5-6-13-42(40)39-29-45(32-18-22-47-23-19-32)49-46(30-39)33-20-24-48-25-21-33/h3-4,7-30,36,41H,1,5-6H2,2H3/b15-14-. The zero-order valence-electron chi connectivity index (χ0n) is 27.6. The van der Waals surface area contributed by atoms with Crippen molar-refractivity contribution in [2.24, 2.45) is 5.92 Å². The Labute approximate surface area is 288 Å². The van der Waals surface area contributed by atoms with Crippen molar-refractivity contribution in [3.63, 3.8) is 0 Å². The maximum absolute atomic E-state index is 5.09. The van der Waals surface area contributed by atoms with Crippen LogP contribution in [0.3, 0.4) is 0 Å². The van der Waals surface area contributed by atoms with Crippen LogP contribution < -0.4 is 0 Å². The van der Waals surface area contributed by atoms with Crippen LogP contribution in [0.5, 0.6) is 0 Å². The molecule has 2 aromatic carbocycles. The molecule has 0 fully saturated rings. The van der Waals surface area contributed by atoms with Gasteiger partial charge in [-0.15, -0.1) is 0 Å². The van der Waals surface area contributed by atoms with Crippen LogP contribution in [0, 0.1) is 5.92 Å². The highest BCUT2D eigenvalue weighted by Crippen LogP contribution is 2.44. The van der Waals surface area contributed by atoms with E-state index in [4.69, 9.17) is 4.98 Å². The van der Waals surface area contributed by atoms with E-state index in [0.29, 0.717) is 11.8 Å². The first-order valence-corrected chi connectivity index (χ1v) is 17.0. The molecule has 236 valence electrons. The maximum atomic E-state index is 5.09. The predicted molar refractivity (Wildman–Crippen MR) is 204 cm³/mol. The Morgan fingerprint density at radius 2 is 1.31 bits per heavy atom. The summed E-state index contributed by atoms with van der Waals surface area (Å²) in [7, 11) is 0. The molecule has 3 heterocycles. The molecule has 0 saturated heterocycles. The smallest absolute Gasteiger partial charge is 0.0716 e. The first-order chi connectivity index (χ1) is 24.1. The predicted octanol–water partition coefficient (Wildman–Crippen LogP) is 11.5. The number of fused-ring (bicyclic) bond motifs is 3. The van der Waals surface area contributed by atoms with E-state index >= 15 is 0 Å². The summed E-state index contributed by atoms with van der Waals surface area (Å²) >= 11 is 0. The van der Waals surface area contributed by atoms with Gasteiger partial charge in [0.05, 0.1) is 11.4 Å². The maximum Gasteiger partial charge on any atom is 0.0716 e. The fourth-order valence-corrected chi connectivity index (χ4v) is 7.17. The van der Waals surface area contributed by atoms with Crippen LogP contribution >= 0.6 is 0 Å². The van der Waals surface area contributed by atoms with Crippen molar-refractivity contribution in [3.05, 3.63) is 193 Å². The van der Waals surface area contributed by atoms with Crippen LogP contribution in [-0.2, 0) is 0 Å². The summed E-state index contributed by atoms with van der Waals surface area (Å²) < 4.78 is 0. The van der Waals surface area contributed by atoms with E-state index in [2.05, 4.69) is 126 Å². The highest BCUT2D eigenvalue weighted by molar-refractivity contribution is 6.06. The molecule has 3 nitrogen and oxygen atoms in total. The third kappa shape index (κ3) is 6.24. The summed E-state index contributed by atoms with van der Waals surface area (Å²) in [6.07, 6.45) is 29.8. The minimum Gasteiger partial charge on any atom is -0.265 e. The lowest BCUT2D eigenvalue weighted by molar-refractivity contribution is 0.690. The molecule has 0 spiro atoms. The summed E-state index contributed by atoms with van der Waals surface area (Å²) in [5.41, 5.74) is 16.3. The Bertz CT molecular complexity index is 2190. The van der Waals surface area contributed by atoms with Gasteiger partial charge in [0.25, 0.3) is 0 Å². The molecule has 5 aromatic rings. The summed E-state index contributed by atoms with van der Waals surface area (Å²) in [5, 5.41) is 0. The molecule has 0 bridgehead atoms. The second-order valence-electron chi connectivity index (χ2n) is 13.0. The molecule has 0 N–H and O–H groups in total. The van der Waals surface area contributed by atoms with Gasteiger partial charge in [-0.1, -0.05) is 97.2 Å². The lowest BCUT2D eigenvalue weighted by atomic mass is 9.73. The van der Waals surface area contributed by atoms with E-state index in [9.17, 15) is 0 Å². The van der Waals surface area contributed by atoms with E-state index in [-0.39, 0.29) is 0 Å². The summed E-state index contributed by atoms with van der Waals surface area (Å²) in [5.74, 6) is 0.676. The molecule has 2 unspecified atom stereocenters. The van der Waals surface area contributed by atoms with Crippen molar-refractivity contribution in [2.75, 3.05) is 0 Å². The fourth-order valence-electron chi connectivity index (χ4n) is 7.17. The van der Waals surface area contributed by atoms with Gasteiger partial charge in [-0.3, -0.25) is 9.97 Å². The molecule has 49 heavy (non-hydrogen) atoms. The van der Waals surface area contributed by atoms with Crippen LogP contribution in [0.25, 0.3) is 50.4 Å². The second kappa shape index (κ2) is 13.3. The third-order valence-electron chi connectivity index (χ3n) is 9.57. The number of aromatic nitrogens is 3. The largest absolute Gasteiger partial charge is 0.265 e. The quantitative estimate of drug-likeness (QED) is 0.168. The number of benzene rings is 2. The van der Waals surface area contributed by atoms with Gasteiger partial charge in [-0.2, -0.15) is 0 Å². The van der Waals surface area contributed by atoms with Crippen LogP contribution in [0.4, 0.5) is 0 Å². The average Bonchev–Trinajstić information content (AvgIpc) is 3.17. The monoisotopic (exact) mass is 631 g/mol. The second-order valence-corrected chi connectivity index (χ2v) is 13.0. The van der Waals surface area contributed by atoms with Crippen molar-refractivity contribution in [1.82, 2.24) is 15.0 Å². The number of pyridine rings is 3. The topological polar surface area (TPSA) is 38.7 Å². The van der Waals surface area contributed by atoms with Gasteiger partial charge in [-0.25, -0.2) is 4.98 Å². The van der Waals surface area contributed by atoms with Crippen LogP contribution in [-0.4, -0.2) is 15.0 Å². The molecule has 3 aromatic heterocycles. The van der Waals surface area contributed by atoms with Crippen molar-refractivity contribution in [3.8, 4) is 33.6 Å². The van der Waals surface area contributed by atoms with Gasteiger partial charge in [0, 0.05) is 47.8 Å². The molecule has 3 heteroatoms. The summed E-state index contributed by atoms with van der Waals surface area (Å²) in [6.45, 7) is 6.12. The van der Waals surface area contributed by atoms with Gasteiger partial charge in [0.2, 0.25) is 0 Å². The third-order valence-corrected chi connectivity index (χ3v) is 9.57. The van der Waals surface area contributed by atoms with Gasteiger partial charge >= 0.3 is 0 Å². The van der Waals surface area contributed by atoms with Gasteiger partial charge in [-0.05, 0) is 118 Å². The van der Waals surface area contributed by atoms with E-state index in [0.717, 1.165) is 46.5 Å². The van der Waals surface area contributed by atoms with Gasteiger partial charge in [0.1, 0.15) is 0 Å². The zero-order chi connectivity index (χ0) is 33.2. The minimum absolute atomic E-state index is 0.330. The minimum atomic E-state index is 0.330. The number of rotatable bonds is 7. The van der Waals surface area contributed by atoms with E-state index in [1.54, 1.807) is 0 Å².